The van der Waals surface area contributed by atoms with Crippen LogP contribution < -0.4 is 16.4 Å². The molecular formula is C8H15N3O3. The zero-order valence-corrected chi connectivity index (χ0v) is 8.08. The summed E-state index contributed by atoms with van der Waals surface area (Å²) in [5, 5.41) is 5.11. The van der Waals surface area contributed by atoms with Gasteiger partial charge in [0, 0.05) is 6.61 Å². The summed E-state index contributed by atoms with van der Waals surface area (Å²) in [6.45, 7) is 2.72. The zero-order valence-electron chi connectivity index (χ0n) is 8.08. The highest BCUT2D eigenvalue weighted by Gasteiger charge is 2.19. The van der Waals surface area contributed by atoms with E-state index in [0.29, 0.717) is 13.2 Å². The molecule has 1 aliphatic rings. The van der Waals surface area contributed by atoms with Gasteiger partial charge in [-0.15, -0.1) is 0 Å². The van der Waals surface area contributed by atoms with E-state index in [9.17, 15) is 9.59 Å². The van der Waals surface area contributed by atoms with Crippen molar-refractivity contribution in [3.63, 3.8) is 0 Å². The molecule has 6 nitrogen and oxygen atoms in total. The molecule has 2 unspecified atom stereocenters. The smallest absolute Gasteiger partial charge is 0.315 e. The number of carbonyl (C=O) groups excluding carboxylic acids is 2. The number of hydrogen-bond donors (Lipinski definition) is 3. The van der Waals surface area contributed by atoms with Crippen molar-refractivity contribution in [3.8, 4) is 0 Å². The van der Waals surface area contributed by atoms with Crippen LogP contribution in [0.1, 0.15) is 13.3 Å². The molecule has 1 aliphatic heterocycles. The number of nitrogens with two attached hydrogens (primary N) is 1. The minimum atomic E-state index is -0.655. The molecule has 1 heterocycles. The summed E-state index contributed by atoms with van der Waals surface area (Å²) in [6, 6.07) is -1.00. The van der Waals surface area contributed by atoms with Crippen molar-refractivity contribution in [2.45, 2.75) is 25.4 Å². The number of primary amides is 1. The third-order valence-corrected chi connectivity index (χ3v) is 2.04. The van der Waals surface area contributed by atoms with E-state index < -0.39 is 11.9 Å². The number of carbonyl (C=O) groups is 2. The van der Waals surface area contributed by atoms with Crippen molar-refractivity contribution in [3.05, 3.63) is 0 Å². The second-order valence-electron chi connectivity index (χ2n) is 3.30. The normalized spacial score (nSPS) is 22.8. The number of hydrogen-bond acceptors (Lipinski definition) is 3. The van der Waals surface area contributed by atoms with Crippen LogP contribution in [0.3, 0.4) is 0 Å². The SMILES string of the molecule is CC(NC(=O)NC1CCOC1)C(N)=O. The highest BCUT2D eigenvalue weighted by molar-refractivity contribution is 5.85. The lowest BCUT2D eigenvalue weighted by molar-refractivity contribution is -0.119. The predicted molar refractivity (Wildman–Crippen MR) is 49.5 cm³/mol. The number of rotatable bonds is 3. The van der Waals surface area contributed by atoms with Crippen LogP contribution in [0.5, 0.6) is 0 Å². The molecule has 0 aromatic heterocycles. The maximum Gasteiger partial charge on any atom is 0.315 e. The van der Waals surface area contributed by atoms with Gasteiger partial charge in [0.05, 0.1) is 12.6 Å². The highest BCUT2D eigenvalue weighted by Crippen LogP contribution is 2.02. The van der Waals surface area contributed by atoms with Crippen LogP contribution >= 0.6 is 0 Å². The van der Waals surface area contributed by atoms with Crippen LogP contribution in [0.25, 0.3) is 0 Å². The molecule has 0 radical (unpaired) electrons. The van der Waals surface area contributed by atoms with Gasteiger partial charge in [-0.1, -0.05) is 0 Å². The molecule has 80 valence electrons. The van der Waals surface area contributed by atoms with Crippen LogP contribution in [-0.4, -0.2) is 37.2 Å². The Kier molecular flexibility index (Phi) is 3.70. The maximum absolute atomic E-state index is 11.2. The van der Waals surface area contributed by atoms with E-state index >= 15 is 0 Å². The molecular weight excluding hydrogens is 186 g/mol. The van der Waals surface area contributed by atoms with Crippen molar-refractivity contribution in [1.82, 2.24) is 10.6 Å². The summed E-state index contributed by atoms with van der Waals surface area (Å²) in [7, 11) is 0. The van der Waals surface area contributed by atoms with E-state index in [-0.39, 0.29) is 12.1 Å². The molecule has 14 heavy (non-hydrogen) atoms. The predicted octanol–water partition coefficient (Wildman–Crippen LogP) is -1.05. The first kappa shape index (κ1) is 10.8. The van der Waals surface area contributed by atoms with E-state index in [0.717, 1.165) is 6.42 Å². The first-order valence-corrected chi connectivity index (χ1v) is 4.53. The lowest BCUT2D eigenvalue weighted by Gasteiger charge is -2.14. The van der Waals surface area contributed by atoms with E-state index in [2.05, 4.69) is 10.6 Å². The Hall–Kier alpha value is -1.30. The Morgan fingerprint density at radius 2 is 2.29 bits per heavy atom. The number of ether oxygens (including phenoxy) is 1. The van der Waals surface area contributed by atoms with E-state index in [1.165, 1.54) is 6.92 Å². The fraction of sp³-hybridized carbons (Fsp3) is 0.750. The molecule has 1 rings (SSSR count). The summed E-state index contributed by atoms with van der Waals surface area (Å²) >= 11 is 0. The molecule has 3 amide bonds. The van der Waals surface area contributed by atoms with Gasteiger partial charge in [-0.05, 0) is 13.3 Å². The molecule has 0 aromatic rings. The first-order valence-electron chi connectivity index (χ1n) is 4.53. The fourth-order valence-electron chi connectivity index (χ4n) is 1.14. The molecule has 6 heteroatoms. The summed E-state index contributed by atoms with van der Waals surface area (Å²) in [4.78, 5) is 21.9. The quantitative estimate of drug-likeness (QED) is 0.543. The van der Waals surface area contributed by atoms with Gasteiger partial charge < -0.3 is 21.1 Å². The topological polar surface area (TPSA) is 93.4 Å². The molecule has 0 bridgehead atoms. The Morgan fingerprint density at radius 1 is 1.57 bits per heavy atom. The van der Waals surface area contributed by atoms with Crippen molar-refractivity contribution in [1.29, 1.82) is 0 Å². The Labute approximate surface area is 82.2 Å². The monoisotopic (exact) mass is 201 g/mol. The fourth-order valence-corrected chi connectivity index (χ4v) is 1.14. The van der Waals surface area contributed by atoms with Gasteiger partial charge in [0.2, 0.25) is 5.91 Å². The van der Waals surface area contributed by atoms with Gasteiger partial charge in [0.1, 0.15) is 6.04 Å². The average molecular weight is 201 g/mol. The molecule has 0 saturated carbocycles. The van der Waals surface area contributed by atoms with Crippen LogP contribution in [0.15, 0.2) is 0 Å². The molecule has 1 saturated heterocycles. The van der Waals surface area contributed by atoms with Gasteiger partial charge in [-0.3, -0.25) is 4.79 Å². The lowest BCUT2D eigenvalue weighted by Crippen LogP contribution is -2.49. The molecule has 4 N–H and O–H groups in total. The summed E-state index contributed by atoms with van der Waals surface area (Å²) in [6.07, 6.45) is 0.804. The van der Waals surface area contributed by atoms with Crippen LogP contribution in [0.2, 0.25) is 0 Å². The van der Waals surface area contributed by atoms with Crippen LogP contribution in [0, 0.1) is 0 Å². The van der Waals surface area contributed by atoms with Gasteiger partial charge >= 0.3 is 6.03 Å². The van der Waals surface area contributed by atoms with Gasteiger partial charge in [0.15, 0.2) is 0 Å². The Bertz CT molecular complexity index is 226. The summed E-state index contributed by atoms with van der Waals surface area (Å²) in [5.41, 5.74) is 4.99. The Balaban J connectivity index is 2.24. The molecule has 2 atom stereocenters. The average Bonchev–Trinajstić information content (AvgIpc) is 2.56. The van der Waals surface area contributed by atoms with Crippen molar-refractivity contribution < 1.29 is 14.3 Å². The second-order valence-corrected chi connectivity index (χ2v) is 3.30. The summed E-state index contributed by atoms with van der Waals surface area (Å²) < 4.78 is 5.08. The number of nitrogens with one attached hydrogen (secondary N) is 2. The minimum Gasteiger partial charge on any atom is -0.379 e. The standard InChI is InChI=1S/C8H15N3O3/c1-5(7(9)12)10-8(13)11-6-2-3-14-4-6/h5-6H,2-4H2,1H3,(H2,9,12)(H2,10,11,13). The van der Waals surface area contributed by atoms with Crippen LogP contribution in [0.4, 0.5) is 4.79 Å². The van der Waals surface area contributed by atoms with E-state index in [1.54, 1.807) is 0 Å². The molecule has 1 fully saturated rings. The third-order valence-electron chi connectivity index (χ3n) is 2.04. The number of urea groups is 1. The maximum atomic E-state index is 11.2. The molecule has 0 aliphatic carbocycles. The number of amides is 3. The molecule has 0 aromatic carbocycles. The van der Waals surface area contributed by atoms with Crippen LogP contribution in [-0.2, 0) is 9.53 Å². The Morgan fingerprint density at radius 3 is 2.79 bits per heavy atom. The van der Waals surface area contributed by atoms with Crippen molar-refractivity contribution in [2.24, 2.45) is 5.73 Å². The van der Waals surface area contributed by atoms with Gasteiger partial charge in [-0.2, -0.15) is 0 Å². The first-order chi connectivity index (χ1) is 6.59. The van der Waals surface area contributed by atoms with Crippen molar-refractivity contribution in [2.75, 3.05) is 13.2 Å². The minimum absolute atomic E-state index is 0.0371. The lowest BCUT2D eigenvalue weighted by atomic mass is 10.3. The van der Waals surface area contributed by atoms with E-state index in [1.807, 2.05) is 0 Å². The second kappa shape index (κ2) is 4.80. The van der Waals surface area contributed by atoms with Gasteiger partial charge in [0.25, 0.3) is 0 Å². The zero-order chi connectivity index (χ0) is 10.6. The largest absolute Gasteiger partial charge is 0.379 e. The highest BCUT2D eigenvalue weighted by atomic mass is 16.5. The third kappa shape index (κ3) is 3.21. The van der Waals surface area contributed by atoms with Gasteiger partial charge in [-0.25, -0.2) is 4.79 Å². The van der Waals surface area contributed by atoms with E-state index in [4.69, 9.17) is 10.5 Å². The molecule has 0 spiro atoms. The van der Waals surface area contributed by atoms with Crippen molar-refractivity contribution >= 4 is 11.9 Å². The summed E-state index contributed by atoms with van der Waals surface area (Å²) in [5.74, 6) is -0.553.